The van der Waals surface area contributed by atoms with Crippen molar-refractivity contribution in [3.8, 4) is 12.3 Å². The zero-order chi connectivity index (χ0) is 19.4. The molecular weight excluding hydrogens is 336 g/mol. The van der Waals surface area contributed by atoms with E-state index in [9.17, 15) is 9.90 Å². The number of aliphatic hydroxyl groups is 1. The summed E-state index contributed by atoms with van der Waals surface area (Å²) in [6.07, 6.45) is 15.0. The molecule has 4 aliphatic carbocycles. The summed E-state index contributed by atoms with van der Waals surface area (Å²) >= 11 is 0. The van der Waals surface area contributed by atoms with E-state index in [1.807, 2.05) is 6.92 Å². The van der Waals surface area contributed by atoms with Crippen molar-refractivity contribution < 1.29 is 14.6 Å². The summed E-state index contributed by atoms with van der Waals surface area (Å²) in [5, 5.41) is 11.1. The van der Waals surface area contributed by atoms with Gasteiger partial charge in [0.05, 0.1) is 0 Å². The first-order chi connectivity index (χ1) is 12.8. The molecule has 146 valence electrons. The molecule has 0 radical (unpaired) electrons. The lowest BCUT2D eigenvalue weighted by atomic mass is 9.50. The zero-order valence-electron chi connectivity index (χ0n) is 16.7. The van der Waals surface area contributed by atoms with Gasteiger partial charge >= 0.3 is 5.97 Å². The smallest absolute Gasteiger partial charge is 0.305 e. The minimum absolute atomic E-state index is 0.0740. The lowest BCUT2D eigenvalue weighted by Crippen LogP contribution is -2.53. The van der Waals surface area contributed by atoms with Crippen molar-refractivity contribution in [3.05, 3.63) is 23.8 Å². The molecule has 0 aliphatic heterocycles. The van der Waals surface area contributed by atoms with Crippen molar-refractivity contribution in [2.24, 2.45) is 29.1 Å². The maximum absolute atomic E-state index is 12.1. The van der Waals surface area contributed by atoms with E-state index in [0.717, 1.165) is 44.1 Å². The first kappa shape index (κ1) is 18.8. The summed E-state index contributed by atoms with van der Waals surface area (Å²) in [4.78, 5) is 12.1. The third-order valence-corrected chi connectivity index (χ3v) is 8.36. The second kappa shape index (κ2) is 6.52. The molecular formula is C24H32O3. The molecule has 0 heterocycles. The Morgan fingerprint density at radius 2 is 2.15 bits per heavy atom. The van der Waals surface area contributed by atoms with E-state index in [0.29, 0.717) is 36.5 Å². The molecule has 0 aromatic carbocycles. The molecule has 0 aromatic rings. The molecule has 0 aromatic heterocycles. The highest BCUT2D eigenvalue weighted by Gasteiger charge is 2.62. The maximum Gasteiger partial charge on any atom is 0.305 e. The highest BCUT2D eigenvalue weighted by molar-refractivity contribution is 5.69. The Labute approximate surface area is 163 Å². The third-order valence-electron chi connectivity index (χ3n) is 8.36. The van der Waals surface area contributed by atoms with Gasteiger partial charge in [-0.3, -0.25) is 4.79 Å². The number of esters is 1. The molecule has 3 nitrogen and oxygen atoms in total. The lowest BCUT2D eigenvalue weighted by Gasteiger charge is -2.55. The summed E-state index contributed by atoms with van der Waals surface area (Å²) in [7, 11) is 0. The molecule has 3 fully saturated rings. The summed E-state index contributed by atoms with van der Waals surface area (Å²) in [6.45, 7) is 8.23. The van der Waals surface area contributed by atoms with Crippen LogP contribution in [0.15, 0.2) is 23.8 Å². The van der Waals surface area contributed by atoms with Gasteiger partial charge in [-0.05, 0) is 56.3 Å². The molecule has 4 aliphatic rings. The number of hydrogen-bond donors (Lipinski definition) is 1. The molecule has 0 bridgehead atoms. The molecule has 27 heavy (non-hydrogen) atoms. The van der Waals surface area contributed by atoms with Crippen LogP contribution in [0.5, 0.6) is 0 Å². The SMILES string of the molecule is C#C[C@]1(O)CC[C@H]2[C@@H]3CCC4=CC(=C)CC(OC(=O)CC)[C@@H]4[C@H]3CC[C@@]21C. The Bertz CT molecular complexity index is 728. The van der Waals surface area contributed by atoms with E-state index in [1.54, 1.807) is 0 Å². The molecule has 4 rings (SSSR count). The summed E-state index contributed by atoms with van der Waals surface area (Å²) in [5.74, 6) is 4.49. The van der Waals surface area contributed by atoms with Crippen LogP contribution in [0, 0.1) is 41.4 Å². The number of carbonyl (C=O) groups excluding carboxylic acids is 1. The molecule has 0 amide bonds. The van der Waals surface area contributed by atoms with E-state index >= 15 is 0 Å². The van der Waals surface area contributed by atoms with Gasteiger partial charge in [0.25, 0.3) is 0 Å². The van der Waals surface area contributed by atoms with Gasteiger partial charge in [-0.1, -0.05) is 43.6 Å². The Balaban J connectivity index is 1.65. The van der Waals surface area contributed by atoms with Crippen LogP contribution < -0.4 is 0 Å². The molecule has 3 heteroatoms. The second-order valence-electron chi connectivity index (χ2n) is 9.46. The Morgan fingerprint density at radius 3 is 2.85 bits per heavy atom. The minimum atomic E-state index is -0.965. The van der Waals surface area contributed by atoms with Crippen molar-refractivity contribution in [1.82, 2.24) is 0 Å². The molecule has 1 N–H and O–H groups in total. The second-order valence-corrected chi connectivity index (χ2v) is 9.46. The number of rotatable bonds is 2. The number of carbonyl (C=O) groups is 1. The first-order valence-electron chi connectivity index (χ1n) is 10.6. The summed E-state index contributed by atoms with van der Waals surface area (Å²) in [6, 6.07) is 0. The van der Waals surface area contributed by atoms with Crippen LogP contribution in [0.1, 0.15) is 65.2 Å². The number of fused-ring (bicyclic) bond motifs is 5. The zero-order valence-corrected chi connectivity index (χ0v) is 16.7. The van der Waals surface area contributed by atoms with Gasteiger partial charge in [0.15, 0.2) is 0 Å². The predicted octanol–water partition coefficient (Wildman–Crippen LogP) is 4.41. The van der Waals surface area contributed by atoms with Crippen molar-refractivity contribution in [2.75, 3.05) is 0 Å². The largest absolute Gasteiger partial charge is 0.461 e. The molecule has 1 unspecified atom stereocenters. The predicted molar refractivity (Wildman–Crippen MR) is 106 cm³/mol. The van der Waals surface area contributed by atoms with E-state index in [1.165, 1.54) is 5.57 Å². The van der Waals surface area contributed by atoms with Crippen molar-refractivity contribution in [1.29, 1.82) is 0 Å². The van der Waals surface area contributed by atoms with Crippen LogP contribution >= 0.6 is 0 Å². The Hall–Kier alpha value is -1.53. The standard InChI is InChI=1S/C24H32O3/c1-5-21(25)27-20-14-15(3)13-16-7-8-17-18(22(16)20)9-11-23(4)19(17)10-12-24(23,26)6-2/h2,13,17-20,22,26H,3,5,7-12,14H2,1,4H3/t17-,18+,19+,20?,22+,23+,24+/m1/s1. The van der Waals surface area contributed by atoms with Gasteiger partial charge in [-0.15, -0.1) is 6.42 Å². The van der Waals surface area contributed by atoms with Crippen LogP contribution in [-0.4, -0.2) is 22.8 Å². The van der Waals surface area contributed by atoms with E-state index in [4.69, 9.17) is 11.2 Å². The lowest BCUT2D eigenvalue weighted by molar-refractivity contribution is -0.155. The minimum Gasteiger partial charge on any atom is -0.461 e. The highest BCUT2D eigenvalue weighted by atomic mass is 16.5. The van der Waals surface area contributed by atoms with Crippen molar-refractivity contribution >= 4 is 5.97 Å². The fourth-order valence-corrected chi connectivity index (χ4v) is 6.96. The van der Waals surface area contributed by atoms with Crippen LogP contribution in [0.25, 0.3) is 0 Å². The van der Waals surface area contributed by atoms with Gasteiger partial charge in [-0.25, -0.2) is 0 Å². The van der Waals surface area contributed by atoms with E-state index in [2.05, 4.69) is 25.5 Å². The van der Waals surface area contributed by atoms with Crippen LogP contribution in [0.2, 0.25) is 0 Å². The van der Waals surface area contributed by atoms with Crippen LogP contribution in [0.3, 0.4) is 0 Å². The van der Waals surface area contributed by atoms with Crippen molar-refractivity contribution in [3.63, 3.8) is 0 Å². The highest BCUT2D eigenvalue weighted by Crippen LogP contribution is 2.65. The monoisotopic (exact) mass is 368 g/mol. The number of allylic oxidation sites excluding steroid dienone is 1. The molecule has 0 spiro atoms. The van der Waals surface area contributed by atoms with Gasteiger partial charge in [-0.2, -0.15) is 0 Å². The average molecular weight is 369 g/mol. The van der Waals surface area contributed by atoms with Crippen LogP contribution in [-0.2, 0) is 9.53 Å². The van der Waals surface area contributed by atoms with Gasteiger partial charge in [0, 0.05) is 24.2 Å². The number of ether oxygens (including phenoxy) is 1. The average Bonchev–Trinajstić information content (AvgIpc) is 2.92. The normalized spacial score (nSPS) is 45.8. The summed E-state index contributed by atoms with van der Waals surface area (Å²) < 4.78 is 5.91. The van der Waals surface area contributed by atoms with E-state index in [-0.39, 0.29) is 17.5 Å². The summed E-state index contributed by atoms with van der Waals surface area (Å²) in [5.41, 5.74) is 1.36. The Kier molecular flexibility index (Phi) is 4.54. The van der Waals surface area contributed by atoms with Gasteiger partial charge in [0.1, 0.15) is 11.7 Å². The number of hydrogen-bond acceptors (Lipinski definition) is 3. The molecule has 0 saturated heterocycles. The topological polar surface area (TPSA) is 46.5 Å². The first-order valence-corrected chi connectivity index (χ1v) is 10.6. The maximum atomic E-state index is 12.1. The number of terminal acetylenes is 1. The quantitative estimate of drug-likeness (QED) is 0.580. The Morgan fingerprint density at radius 1 is 1.37 bits per heavy atom. The third kappa shape index (κ3) is 2.71. The van der Waals surface area contributed by atoms with Gasteiger partial charge in [0.2, 0.25) is 0 Å². The molecule has 3 saturated carbocycles. The molecule has 7 atom stereocenters. The van der Waals surface area contributed by atoms with Crippen LogP contribution in [0.4, 0.5) is 0 Å². The van der Waals surface area contributed by atoms with Gasteiger partial charge < -0.3 is 9.84 Å². The van der Waals surface area contributed by atoms with Crippen molar-refractivity contribution in [2.45, 2.75) is 76.9 Å². The fourth-order valence-electron chi connectivity index (χ4n) is 6.96. The fraction of sp³-hybridized carbons (Fsp3) is 0.708. The van der Waals surface area contributed by atoms with E-state index < -0.39 is 5.60 Å².